The fourth-order valence-electron chi connectivity index (χ4n) is 1.39. The molecule has 0 aromatic carbocycles. The second-order valence-electron chi connectivity index (χ2n) is 3.88. The van der Waals surface area contributed by atoms with E-state index in [1.807, 2.05) is 6.20 Å². The van der Waals surface area contributed by atoms with Crippen molar-refractivity contribution >= 4 is 11.8 Å². The second kappa shape index (κ2) is 9.45. The van der Waals surface area contributed by atoms with Gasteiger partial charge in [0.25, 0.3) is 0 Å². The number of hydrogen-bond acceptors (Lipinski definition) is 4. The van der Waals surface area contributed by atoms with Crippen molar-refractivity contribution in [1.82, 2.24) is 10.3 Å². The summed E-state index contributed by atoms with van der Waals surface area (Å²) in [6.45, 7) is 4.97. The van der Waals surface area contributed by atoms with Crippen LogP contribution < -0.4 is 5.32 Å². The Balaban J connectivity index is 2.24. The Morgan fingerprint density at radius 1 is 1.41 bits per heavy atom. The zero-order valence-electron chi connectivity index (χ0n) is 10.7. The van der Waals surface area contributed by atoms with E-state index < -0.39 is 0 Å². The van der Waals surface area contributed by atoms with E-state index >= 15 is 0 Å². The average molecular weight is 254 g/mol. The van der Waals surface area contributed by atoms with E-state index in [-0.39, 0.29) is 0 Å². The molecule has 0 bridgehead atoms. The van der Waals surface area contributed by atoms with Gasteiger partial charge in [0.05, 0.1) is 5.03 Å². The predicted octanol–water partition coefficient (Wildman–Crippen LogP) is 2.71. The van der Waals surface area contributed by atoms with Gasteiger partial charge in [-0.15, -0.1) is 11.8 Å². The molecule has 0 aliphatic carbocycles. The lowest BCUT2D eigenvalue weighted by atomic mass is 10.3. The summed E-state index contributed by atoms with van der Waals surface area (Å²) in [6.07, 6.45) is 4.20. The van der Waals surface area contributed by atoms with E-state index in [0.29, 0.717) is 0 Å². The second-order valence-corrected chi connectivity index (χ2v) is 4.99. The van der Waals surface area contributed by atoms with Gasteiger partial charge in [0.1, 0.15) is 0 Å². The number of aromatic nitrogens is 1. The van der Waals surface area contributed by atoms with Crippen LogP contribution in [0.15, 0.2) is 23.4 Å². The lowest BCUT2D eigenvalue weighted by Crippen LogP contribution is -2.13. The lowest BCUT2D eigenvalue weighted by Gasteiger charge is -2.04. The molecule has 17 heavy (non-hydrogen) atoms. The highest BCUT2D eigenvalue weighted by Crippen LogP contribution is 2.16. The van der Waals surface area contributed by atoms with Gasteiger partial charge in [-0.3, -0.25) is 0 Å². The van der Waals surface area contributed by atoms with Crippen LogP contribution in [0.3, 0.4) is 0 Å². The van der Waals surface area contributed by atoms with Gasteiger partial charge in [0.15, 0.2) is 0 Å². The summed E-state index contributed by atoms with van der Waals surface area (Å²) in [5, 5.41) is 4.46. The monoisotopic (exact) mass is 254 g/mol. The van der Waals surface area contributed by atoms with Gasteiger partial charge in [0, 0.05) is 32.2 Å². The standard InChI is InChI=1S/C13H22N2OS/c1-3-7-14-10-12-5-6-13(15-11-12)17-9-4-8-16-2/h5-6,11,14H,3-4,7-10H2,1-2H3. The summed E-state index contributed by atoms with van der Waals surface area (Å²) in [7, 11) is 1.74. The van der Waals surface area contributed by atoms with Crippen LogP contribution in [-0.4, -0.2) is 31.0 Å². The highest BCUT2D eigenvalue weighted by molar-refractivity contribution is 7.99. The number of methoxy groups -OCH3 is 1. The molecule has 3 nitrogen and oxygen atoms in total. The number of ether oxygens (including phenoxy) is 1. The molecule has 0 unspecified atom stereocenters. The Hall–Kier alpha value is -0.580. The van der Waals surface area contributed by atoms with E-state index in [2.05, 4.69) is 29.4 Å². The fraction of sp³-hybridized carbons (Fsp3) is 0.615. The maximum atomic E-state index is 5.01. The summed E-state index contributed by atoms with van der Waals surface area (Å²) in [5.74, 6) is 1.06. The summed E-state index contributed by atoms with van der Waals surface area (Å²) < 4.78 is 5.01. The smallest absolute Gasteiger partial charge is 0.0960 e. The first kappa shape index (κ1) is 14.5. The molecule has 0 spiro atoms. The number of nitrogens with one attached hydrogen (secondary N) is 1. The van der Waals surface area contributed by atoms with E-state index in [9.17, 15) is 0 Å². The quantitative estimate of drug-likeness (QED) is 0.543. The molecule has 0 aliphatic heterocycles. The molecule has 1 N–H and O–H groups in total. The molecule has 1 aromatic rings. The summed E-state index contributed by atoms with van der Waals surface area (Å²) in [6, 6.07) is 4.24. The number of hydrogen-bond donors (Lipinski definition) is 1. The molecule has 1 rings (SSSR count). The molecule has 0 aliphatic rings. The van der Waals surface area contributed by atoms with E-state index in [4.69, 9.17) is 4.74 Å². The topological polar surface area (TPSA) is 34.1 Å². The maximum Gasteiger partial charge on any atom is 0.0960 e. The molecule has 0 saturated heterocycles. The van der Waals surface area contributed by atoms with Crippen LogP contribution in [0.4, 0.5) is 0 Å². The highest BCUT2D eigenvalue weighted by atomic mass is 32.2. The Bertz CT molecular complexity index is 290. The van der Waals surface area contributed by atoms with Gasteiger partial charge in [-0.25, -0.2) is 4.98 Å². The summed E-state index contributed by atoms with van der Waals surface area (Å²) in [4.78, 5) is 4.44. The normalized spacial score (nSPS) is 10.7. The van der Waals surface area contributed by atoms with Crippen LogP contribution in [0.5, 0.6) is 0 Å². The zero-order valence-corrected chi connectivity index (χ0v) is 11.6. The van der Waals surface area contributed by atoms with Crippen molar-refractivity contribution in [3.8, 4) is 0 Å². The van der Waals surface area contributed by atoms with Crippen molar-refractivity contribution < 1.29 is 4.74 Å². The first-order valence-corrected chi connectivity index (χ1v) is 7.12. The van der Waals surface area contributed by atoms with Crippen molar-refractivity contribution in [3.05, 3.63) is 23.9 Å². The molecule has 96 valence electrons. The molecule has 0 fully saturated rings. The van der Waals surface area contributed by atoms with Crippen molar-refractivity contribution in [2.24, 2.45) is 0 Å². The van der Waals surface area contributed by atoms with Gasteiger partial charge in [0.2, 0.25) is 0 Å². The van der Waals surface area contributed by atoms with Crippen LogP contribution >= 0.6 is 11.8 Å². The van der Waals surface area contributed by atoms with Crippen LogP contribution in [0.1, 0.15) is 25.3 Å². The summed E-state index contributed by atoms with van der Waals surface area (Å²) >= 11 is 1.79. The molecule has 1 heterocycles. The van der Waals surface area contributed by atoms with Crippen LogP contribution in [-0.2, 0) is 11.3 Å². The number of rotatable bonds is 9. The van der Waals surface area contributed by atoms with Gasteiger partial charge >= 0.3 is 0 Å². The van der Waals surface area contributed by atoms with Crippen molar-refractivity contribution in [2.45, 2.75) is 31.3 Å². The lowest BCUT2D eigenvalue weighted by molar-refractivity contribution is 0.200. The summed E-state index contributed by atoms with van der Waals surface area (Å²) in [5.41, 5.74) is 1.25. The minimum atomic E-state index is 0.825. The number of thioether (sulfide) groups is 1. The minimum absolute atomic E-state index is 0.825. The van der Waals surface area contributed by atoms with Crippen LogP contribution in [0.25, 0.3) is 0 Å². The molecule has 4 heteroatoms. The Kier molecular flexibility index (Phi) is 8.05. The minimum Gasteiger partial charge on any atom is -0.385 e. The first-order valence-electron chi connectivity index (χ1n) is 6.14. The van der Waals surface area contributed by atoms with E-state index in [0.717, 1.165) is 36.9 Å². The third-order valence-electron chi connectivity index (χ3n) is 2.30. The third-order valence-corrected chi connectivity index (χ3v) is 3.33. The third kappa shape index (κ3) is 6.66. The van der Waals surface area contributed by atoms with Crippen molar-refractivity contribution in [3.63, 3.8) is 0 Å². The predicted molar refractivity (Wildman–Crippen MR) is 73.5 cm³/mol. The Labute approximate surface area is 108 Å². The molecular weight excluding hydrogens is 232 g/mol. The first-order chi connectivity index (χ1) is 8.36. The van der Waals surface area contributed by atoms with Crippen LogP contribution in [0.2, 0.25) is 0 Å². The maximum absolute atomic E-state index is 5.01. The van der Waals surface area contributed by atoms with Gasteiger partial charge in [-0.1, -0.05) is 13.0 Å². The molecule has 1 aromatic heterocycles. The largest absolute Gasteiger partial charge is 0.385 e. The van der Waals surface area contributed by atoms with Crippen molar-refractivity contribution in [1.29, 1.82) is 0 Å². The molecule has 0 radical (unpaired) electrons. The fourth-order valence-corrected chi connectivity index (χ4v) is 2.15. The van der Waals surface area contributed by atoms with E-state index in [1.54, 1.807) is 18.9 Å². The average Bonchev–Trinajstić information content (AvgIpc) is 2.37. The van der Waals surface area contributed by atoms with E-state index in [1.165, 1.54) is 12.0 Å². The van der Waals surface area contributed by atoms with Gasteiger partial charge < -0.3 is 10.1 Å². The zero-order chi connectivity index (χ0) is 12.3. The molecular formula is C13H22N2OS. The molecule has 0 saturated carbocycles. The Morgan fingerprint density at radius 2 is 2.29 bits per heavy atom. The molecule has 0 amide bonds. The Morgan fingerprint density at radius 3 is 2.94 bits per heavy atom. The van der Waals surface area contributed by atoms with Crippen LogP contribution in [0, 0.1) is 0 Å². The highest BCUT2D eigenvalue weighted by Gasteiger charge is 1.97. The number of pyridine rings is 1. The molecule has 0 atom stereocenters. The number of nitrogens with zero attached hydrogens (tertiary/aromatic N) is 1. The SMILES string of the molecule is CCCNCc1ccc(SCCCOC)nc1. The van der Waals surface area contributed by atoms with Gasteiger partial charge in [-0.2, -0.15) is 0 Å². The van der Waals surface area contributed by atoms with Crippen molar-refractivity contribution in [2.75, 3.05) is 26.0 Å². The van der Waals surface area contributed by atoms with Gasteiger partial charge in [-0.05, 0) is 31.0 Å².